The molecule has 0 fully saturated rings. The lowest BCUT2D eigenvalue weighted by Gasteiger charge is -2.26. The summed E-state index contributed by atoms with van der Waals surface area (Å²) in [5.41, 5.74) is 0.948. The number of hydrogen-bond acceptors (Lipinski definition) is 6. The Hall–Kier alpha value is -2.25. The van der Waals surface area contributed by atoms with Crippen LogP contribution >= 0.6 is 11.3 Å². The van der Waals surface area contributed by atoms with Gasteiger partial charge in [-0.3, -0.25) is 9.59 Å². The standard InChI is InChI=1S/C21H28N2O4S/c1-7-26-14(2)19-22-15(13-28-19)12-18(24)27-17-10-8-16(9-11-17)23(6)20(25)21(3,4)5/h8-11,13-14H,7,12H2,1-6H3. The Morgan fingerprint density at radius 1 is 1.21 bits per heavy atom. The molecule has 152 valence electrons. The zero-order valence-corrected chi connectivity index (χ0v) is 18.1. The monoisotopic (exact) mass is 404 g/mol. The minimum absolute atomic E-state index is 0.0119. The zero-order chi connectivity index (χ0) is 20.9. The summed E-state index contributed by atoms with van der Waals surface area (Å²) in [6, 6.07) is 6.89. The molecule has 2 rings (SSSR count). The summed E-state index contributed by atoms with van der Waals surface area (Å²) in [6.07, 6.45) is 0.0135. The minimum atomic E-state index is -0.466. The normalized spacial score (nSPS) is 12.5. The van der Waals surface area contributed by atoms with E-state index in [1.807, 2.05) is 40.0 Å². The fourth-order valence-electron chi connectivity index (χ4n) is 2.59. The summed E-state index contributed by atoms with van der Waals surface area (Å²) in [4.78, 5) is 30.6. The first-order valence-electron chi connectivity index (χ1n) is 9.26. The number of rotatable bonds is 7. The maximum absolute atomic E-state index is 12.3. The quantitative estimate of drug-likeness (QED) is 0.505. The van der Waals surface area contributed by atoms with Crippen LogP contribution in [0.4, 0.5) is 5.69 Å². The van der Waals surface area contributed by atoms with E-state index in [4.69, 9.17) is 9.47 Å². The lowest BCUT2D eigenvalue weighted by atomic mass is 9.95. The highest BCUT2D eigenvalue weighted by atomic mass is 32.1. The van der Waals surface area contributed by atoms with Gasteiger partial charge >= 0.3 is 5.97 Å². The number of hydrogen-bond donors (Lipinski definition) is 0. The molecular formula is C21H28N2O4S. The molecule has 6 nitrogen and oxygen atoms in total. The fraction of sp³-hybridized carbons (Fsp3) is 0.476. The largest absolute Gasteiger partial charge is 0.426 e. The smallest absolute Gasteiger partial charge is 0.317 e. The summed E-state index contributed by atoms with van der Waals surface area (Å²) in [7, 11) is 1.73. The Morgan fingerprint density at radius 3 is 2.43 bits per heavy atom. The third-order valence-corrected chi connectivity index (χ3v) is 5.12. The van der Waals surface area contributed by atoms with Crippen LogP contribution in [-0.2, 0) is 20.7 Å². The van der Waals surface area contributed by atoms with Gasteiger partial charge in [0.05, 0.1) is 12.1 Å². The van der Waals surface area contributed by atoms with E-state index in [0.717, 1.165) is 10.7 Å². The number of amides is 1. The van der Waals surface area contributed by atoms with Gasteiger partial charge in [0.1, 0.15) is 16.9 Å². The van der Waals surface area contributed by atoms with Gasteiger partial charge in [-0.25, -0.2) is 4.98 Å². The highest BCUT2D eigenvalue weighted by molar-refractivity contribution is 7.09. The maximum Gasteiger partial charge on any atom is 0.317 e. The Morgan fingerprint density at radius 2 is 1.86 bits per heavy atom. The number of benzene rings is 1. The molecular weight excluding hydrogens is 376 g/mol. The predicted molar refractivity (Wildman–Crippen MR) is 111 cm³/mol. The van der Waals surface area contributed by atoms with Crippen molar-refractivity contribution in [2.45, 2.75) is 47.1 Å². The van der Waals surface area contributed by atoms with Crippen LogP contribution in [0.3, 0.4) is 0 Å². The molecule has 0 saturated heterocycles. The minimum Gasteiger partial charge on any atom is -0.426 e. The van der Waals surface area contributed by atoms with Crippen molar-refractivity contribution in [3.8, 4) is 5.75 Å². The maximum atomic E-state index is 12.3. The van der Waals surface area contributed by atoms with Crippen LogP contribution in [0.1, 0.15) is 51.4 Å². The number of carbonyl (C=O) groups excluding carboxylic acids is 2. The topological polar surface area (TPSA) is 68.7 Å². The van der Waals surface area contributed by atoms with Crippen molar-refractivity contribution in [2.24, 2.45) is 5.41 Å². The molecule has 0 saturated carbocycles. The molecule has 0 aliphatic carbocycles. The van der Waals surface area contributed by atoms with Gasteiger partial charge in [-0.2, -0.15) is 0 Å². The van der Waals surface area contributed by atoms with Crippen LogP contribution in [0.2, 0.25) is 0 Å². The summed E-state index contributed by atoms with van der Waals surface area (Å²) >= 11 is 1.47. The Balaban J connectivity index is 1.95. The molecule has 7 heteroatoms. The average molecular weight is 405 g/mol. The van der Waals surface area contributed by atoms with Crippen LogP contribution < -0.4 is 9.64 Å². The van der Waals surface area contributed by atoms with E-state index in [-0.39, 0.29) is 24.4 Å². The number of aromatic nitrogens is 1. The second kappa shape index (κ2) is 9.30. The Bertz CT molecular complexity index is 809. The molecule has 0 bridgehead atoms. The molecule has 0 N–H and O–H groups in total. The van der Waals surface area contributed by atoms with Crippen LogP contribution in [0.25, 0.3) is 0 Å². The second-order valence-corrected chi connectivity index (χ2v) is 8.42. The number of ether oxygens (including phenoxy) is 2. The van der Waals surface area contributed by atoms with Crippen molar-refractivity contribution in [1.82, 2.24) is 4.98 Å². The van der Waals surface area contributed by atoms with Gasteiger partial charge in [0.15, 0.2) is 0 Å². The summed E-state index contributed by atoms with van der Waals surface area (Å²) in [6.45, 7) is 10.1. The molecule has 28 heavy (non-hydrogen) atoms. The third-order valence-electron chi connectivity index (χ3n) is 4.06. The first-order chi connectivity index (χ1) is 13.1. The zero-order valence-electron chi connectivity index (χ0n) is 17.3. The second-order valence-electron chi connectivity index (χ2n) is 7.53. The van der Waals surface area contributed by atoms with Gasteiger partial charge in [0.25, 0.3) is 0 Å². The molecule has 1 unspecified atom stereocenters. The molecule has 1 heterocycles. The third kappa shape index (κ3) is 5.87. The number of carbonyl (C=O) groups is 2. The molecule has 1 amide bonds. The van der Waals surface area contributed by atoms with Crippen LogP contribution in [0.5, 0.6) is 5.75 Å². The van der Waals surface area contributed by atoms with Gasteiger partial charge in [0, 0.05) is 30.1 Å². The first-order valence-corrected chi connectivity index (χ1v) is 10.1. The van der Waals surface area contributed by atoms with E-state index in [9.17, 15) is 9.59 Å². The molecule has 0 aliphatic rings. The molecule has 0 aliphatic heterocycles. The fourth-order valence-corrected chi connectivity index (χ4v) is 3.41. The SMILES string of the molecule is CCOC(C)c1nc(CC(=O)Oc2ccc(N(C)C(=O)C(C)(C)C)cc2)cs1. The van der Waals surface area contributed by atoms with Crippen molar-refractivity contribution in [2.75, 3.05) is 18.6 Å². The van der Waals surface area contributed by atoms with Gasteiger partial charge in [-0.05, 0) is 38.1 Å². The number of esters is 1. The van der Waals surface area contributed by atoms with E-state index in [0.29, 0.717) is 18.1 Å². The number of nitrogens with zero attached hydrogens (tertiary/aromatic N) is 2. The first kappa shape index (κ1) is 22.0. The summed E-state index contributed by atoms with van der Waals surface area (Å²) in [5, 5.41) is 2.70. The van der Waals surface area contributed by atoms with Crippen molar-refractivity contribution in [3.05, 3.63) is 40.3 Å². The van der Waals surface area contributed by atoms with Crippen molar-refractivity contribution < 1.29 is 19.1 Å². The van der Waals surface area contributed by atoms with E-state index < -0.39 is 5.41 Å². The van der Waals surface area contributed by atoms with Gasteiger partial charge in [0.2, 0.25) is 5.91 Å². The molecule has 0 spiro atoms. The molecule has 1 aromatic heterocycles. The predicted octanol–water partition coefficient (Wildman–Crippen LogP) is 4.40. The molecule has 2 aromatic rings. The molecule has 0 radical (unpaired) electrons. The average Bonchev–Trinajstić information content (AvgIpc) is 3.09. The highest BCUT2D eigenvalue weighted by Crippen LogP contribution is 2.25. The van der Waals surface area contributed by atoms with E-state index in [2.05, 4.69) is 4.98 Å². The van der Waals surface area contributed by atoms with E-state index in [1.54, 1.807) is 36.2 Å². The van der Waals surface area contributed by atoms with Crippen molar-refractivity contribution in [1.29, 1.82) is 0 Å². The summed E-state index contributed by atoms with van der Waals surface area (Å²) < 4.78 is 10.9. The van der Waals surface area contributed by atoms with Crippen molar-refractivity contribution >= 4 is 28.9 Å². The van der Waals surface area contributed by atoms with Gasteiger partial charge in [-0.1, -0.05) is 20.8 Å². The van der Waals surface area contributed by atoms with Gasteiger partial charge in [-0.15, -0.1) is 11.3 Å². The van der Waals surface area contributed by atoms with E-state index in [1.165, 1.54) is 11.3 Å². The van der Waals surface area contributed by atoms with E-state index >= 15 is 0 Å². The van der Waals surface area contributed by atoms with Crippen molar-refractivity contribution in [3.63, 3.8) is 0 Å². The number of anilines is 1. The molecule has 1 atom stereocenters. The Kier molecular flexibility index (Phi) is 7.32. The van der Waals surface area contributed by atoms with Crippen LogP contribution in [0, 0.1) is 5.41 Å². The van der Waals surface area contributed by atoms with Crippen LogP contribution in [-0.4, -0.2) is 30.5 Å². The highest BCUT2D eigenvalue weighted by Gasteiger charge is 2.25. The van der Waals surface area contributed by atoms with Gasteiger partial charge < -0.3 is 14.4 Å². The lowest BCUT2D eigenvalue weighted by molar-refractivity contribution is -0.133. The molecule has 1 aromatic carbocycles. The lowest BCUT2D eigenvalue weighted by Crippen LogP contribution is -2.36. The summed E-state index contributed by atoms with van der Waals surface area (Å²) in [5.74, 6) is 0.0640. The number of thiazole rings is 1. The van der Waals surface area contributed by atoms with Crippen LogP contribution in [0.15, 0.2) is 29.6 Å². The Labute approximate surface area is 170 Å².